The maximum absolute atomic E-state index is 9.59. The van der Waals surface area contributed by atoms with Crippen molar-refractivity contribution < 1.29 is 5.11 Å². The van der Waals surface area contributed by atoms with E-state index in [4.69, 9.17) is 0 Å². The van der Waals surface area contributed by atoms with Crippen molar-refractivity contribution in [3.05, 3.63) is 29.3 Å². The second-order valence-corrected chi connectivity index (χ2v) is 5.84. The number of benzene rings is 1. The fourth-order valence-corrected chi connectivity index (χ4v) is 2.23. The molecule has 0 fully saturated rings. The molecule has 0 amide bonds. The van der Waals surface area contributed by atoms with Gasteiger partial charge in [-0.1, -0.05) is 6.07 Å². The van der Waals surface area contributed by atoms with E-state index in [1.165, 1.54) is 11.1 Å². The first-order chi connectivity index (χ1) is 7.96. The van der Waals surface area contributed by atoms with Crippen LogP contribution in [-0.2, 0) is 6.54 Å². The number of rotatable bonds is 2. The van der Waals surface area contributed by atoms with Crippen LogP contribution in [-0.4, -0.2) is 23.7 Å². The van der Waals surface area contributed by atoms with Gasteiger partial charge in [-0.15, -0.1) is 0 Å². The highest BCUT2D eigenvalue weighted by Crippen LogP contribution is 2.27. The average Bonchev–Trinajstić information content (AvgIpc) is 2.25. The zero-order valence-corrected chi connectivity index (χ0v) is 10.9. The number of nitrogens with one attached hydrogen (secondary N) is 2. The van der Waals surface area contributed by atoms with Gasteiger partial charge in [-0.25, -0.2) is 0 Å². The van der Waals surface area contributed by atoms with Crippen LogP contribution in [0.25, 0.3) is 0 Å². The van der Waals surface area contributed by atoms with Gasteiger partial charge < -0.3 is 15.7 Å². The molecule has 1 aromatic carbocycles. The van der Waals surface area contributed by atoms with E-state index in [-0.39, 0.29) is 5.54 Å². The normalized spacial score (nSPS) is 20.1. The van der Waals surface area contributed by atoms with Gasteiger partial charge in [-0.05, 0) is 44.0 Å². The Morgan fingerprint density at radius 3 is 2.88 bits per heavy atom. The van der Waals surface area contributed by atoms with E-state index >= 15 is 0 Å². The maximum Gasteiger partial charge on any atom is 0.115 e. The lowest BCUT2D eigenvalue weighted by atomic mass is 9.90. The van der Waals surface area contributed by atoms with E-state index < -0.39 is 0 Å². The third kappa shape index (κ3) is 3.20. The molecule has 0 spiro atoms. The van der Waals surface area contributed by atoms with Crippen LogP contribution in [0.5, 0.6) is 5.75 Å². The maximum atomic E-state index is 9.59. The molecule has 2 rings (SSSR count). The second kappa shape index (κ2) is 4.67. The molecule has 1 aliphatic rings. The van der Waals surface area contributed by atoms with Gasteiger partial charge in [-0.2, -0.15) is 0 Å². The first-order valence-electron chi connectivity index (χ1n) is 6.23. The quantitative estimate of drug-likeness (QED) is 0.733. The van der Waals surface area contributed by atoms with Crippen LogP contribution in [0.15, 0.2) is 18.2 Å². The molecule has 0 bridgehead atoms. The molecular formula is C14H22N2O. The number of hydrogen-bond donors (Lipinski definition) is 3. The lowest BCUT2D eigenvalue weighted by molar-refractivity contribution is 0.390. The van der Waals surface area contributed by atoms with Crippen LogP contribution < -0.4 is 10.6 Å². The van der Waals surface area contributed by atoms with Crippen molar-refractivity contribution in [1.29, 1.82) is 0 Å². The molecule has 94 valence electrons. The molecule has 1 aliphatic heterocycles. The largest absolute Gasteiger partial charge is 0.508 e. The molecule has 17 heavy (non-hydrogen) atoms. The van der Waals surface area contributed by atoms with E-state index in [1.54, 1.807) is 6.07 Å². The minimum absolute atomic E-state index is 0.133. The molecule has 0 saturated heterocycles. The van der Waals surface area contributed by atoms with E-state index in [0.29, 0.717) is 11.7 Å². The van der Waals surface area contributed by atoms with Crippen LogP contribution in [0, 0.1) is 0 Å². The molecule has 0 aromatic heterocycles. The summed E-state index contributed by atoms with van der Waals surface area (Å²) in [5, 5.41) is 16.5. The Balaban J connectivity index is 2.14. The molecule has 3 nitrogen and oxygen atoms in total. The Kier molecular flexibility index (Phi) is 3.40. The number of phenols is 1. The molecular weight excluding hydrogens is 212 g/mol. The van der Waals surface area contributed by atoms with E-state index in [9.17, 15) is 5.11 Å². The molecule has 1 aromatic rings. The van der Waals surface area contributed by atoms with Crippen LogP contribution >= 0.6 is 0 Å². The van der Waals surface area contributed by atoms with Crippen LogP contribution in [0.3, 0.4) is 0 Å². The molecule has 3 N–H and O–H groups in total. The van der Waals surface area contributed by atoms with Crippen molar-refractivity contribution in [2.24, 2.45) is 0 Å². The van der Waals surface area contributed by atoms with Crippen LogP contribution in [0.2, 0.25) is 0 Å². The van der Waals surface area contributed by atoms with Crippen molar-refractivity contribution in [3.63, 3.8) is 0 Å². The van der Waals surface area contributed by atoms with Crippen molar-refractivity contribution in [1.82, 2.24) is 10.6 Å². The van der Waals surface area contributed by atoms with Crippen LogP contribution in [0.1, 0.15) is 37.8 Å². The lowest BCUT2D eigenvalue weighted by Crippen LogP contribution is -2.42. The first-order valence-corrected chi connectivity index (χ1v) is 6.23. The summed E-state index contributed by atoms with van der Waals surface area (Å²) in [5.41, 5.74) is 2.71. The summed E-state index contributed by atoms with van der Waals surface area (Å²) >= 11 is 0. The van der Waals surface area contributed by atoms with Crippen molar-refractivity contribution in [2.45, 2.75) is 38.8 Å². The third-order valence-electron chi connectivity index (χ3n) is 3.15. The molecule has 3 heteroatoms. The smallest absolute Gasteiger partial charge is 0.115 e. The fraction of sp³-hybridized carbons (Fsp3) is 0.571. The zero-order valence-electron chi connectivity index (χ0n) is 10.9. The Labute approximate surface area is 103 Å². The van der Waals surface area contributed by atoms with Gasteiger partial charge in [0.2, 0.25) is 0 Å². The highest BCUT2D eigenvalue weighted by Gasteiger charge is 2.21. The molecule has 0 aliphatic carbocycles. The highest BCUT2D eigenvalue weighted by atomic mass is 16.3. The first kappa shape index (κ1) is 12.4. The third-order valence-corrected chi connectivity index (χ3v) is 3.15. The summed E-state index contributed by atoms with van der Waals surface area (Å²) in [4.78, 5) is 0. The van der Waals surface area contributed by atoms with Crippen LogP contribution in [0.4, 0.5) is 0 Å². The Morgan fingerprint density at radius 2 is 2.18 bits per heavy atom. The van der Waals surface area contributed by atoms with E-state index in [0.717, 1.165) is 19.6 Å². The zero-order chi connectivity index (χ0) is 12.5. The van der Waals surface area contributed by atoms with Gasteiger partial charge in [0.05, 0.1) is 0 Å². The van der Waals surface area contributed by atoms with E-state index in [1.807, 2.05) is 12.1 Å². The van der Waals surface area contributed by atoms with Gasteiger partial charge in [0.1, 0.15) is 5.75 Å². The van der Waals surface area contributed by atoms with Gasteiger partial charge in [0.15, 0.2) is 0 Å². The van der Waals surface area contributed by atoms with Gasteiger partial charge >= 0.3 is 0 Å². The Bertz CT molecular complexity index is 396. The molecule has 0 saturated carbocycles. The number of hydrogen-bond acceptors (Lipinski definition) is 3. The predicted molar refractivity (Wildman–Crippen MR) is 70.3 cm³/mol. The van der Waals surface area contributed by atoms with Gasteiger partial charge in [0.25, 0.3) is 0 Å². The minimum atomic E-state index is 0.133. The fourth-order valence-electron chi connectivity index (χ4n) is 2.23. The molecule has 1 atom stereocenters. The molecule has 0 radical (unpaired) electrons. The topological polar surface area (TPSA) is 44.3 Å². The summed E-state index contributed by atoms with van der Waals surface area (Å²) in [6.45, 7) is 9.33. The van der Waals surface area contributed by atoms with E-state index in [2.05, 4.69) is 31.4 Å². The summed E-state index contributed by atoms with van der Waals surface area (Å²) < 4.78 is 0. The number of phenolic OH excluding ortho intramolecular Hbond substituents is 1. The molecule has 1 heterocycles. The number of aromatic hydroxyl groups is 1. The highest BCUT2D eigenvalue weighted by molar-refractivity contribution is 5.39. The van der Waals surface area contributed by atoms with Crippen molar-refractivity contribution >= 4 is 0 Å². The summed E-state index contributed by atoms with van der Waals surface area (Å²) in [6.07, 6.45) is 0. The summed E-state index contributed by atoms with van der Waals surface area (Å²) in [7, 11) is 0. The molecule has 1 unspecified atom stereocenters. The second-order valence-electron chi connectivity index (χ2n) is 5.84. The lowest BCUT2D eigenvalue weighted by Gasteiger charge is -2.30. The van der Waals surface area contributed by atoms with Crippen molar-refractivity contribution in [2.75, 3.05) is 13.1 Å². The average molecular weight is 234 g/mol. The Morgan fingerprint density at radius 1 is 1.41 bits per heavy atom. The summed E-state index contributed by atoms with van der Waals surface area (Å²) in [6, 6.07) is 5.69. The van der Waals surface area contributed by atoms with Gasteiger partial charge in [0, 0.05) is 31.1 Å². The Hall–Kier alpha value is -1.06. The predicted octanol–water partition coefficient (Wildman–Crippen LogP) is 1.97. The number of fused-ring (bicyclic) bond motifs is 1. The summed E-state index contributed by atoms with van der Waals surface area (Å²) in [5.74, 6) is 0.802. The minimum Gasteiger partial charge on any atom is -0.508 e. The SMILES string of the molecule is CC(C)(C)NCC1CNCc2ccc(O)cc21. The standard InChI is InChI=1S/C14H22N2O/c1-14(2,3)16-9-11-8-15-7-10-4-5-12(17)6-13(10)11/h4-6,11,15-17H,7-9H2,1-3H3. The van der Waals surface area contributed by atoms with Crippen molar-refractivity contribution in [3.8, 4) is 5.75 Å². The monoisotopic (exact) mass is 234 g/mol. The van der Waals surface area contributed by atoms with Gasteiger partial charge in [-0.3, -0.25) is 0 Å².